The highest BCUT2D eigenvalue weighted by atomic mass is 32.2. The van der Waals surface area contributed by atoms with Gasteiger partial charge in [0.05, 0.1) is 0 Å². The van der Waals surface area contributed by atoms with Crippen LogP contribution in [0.25, 0.3) is 0 Å². The molecule has 1 atom stereocenters. The van der Waals surface area contributed by atoms with Gasteiger partial charge in [-0.3, -0.25) is 4.57 Å². The molecule has 3 N–H and O–H groups in total. The third-order valence-corrected chi connectivity index (χ3v) is 4.26. The molecule has 1 aliphatic rings. The number of nitrogens with one attached hydrogen (secondary N) is 1. The van der Waals surface area contributed by atoms with E-state index in [4.69, 9.17) is 5.73 Å². The quantitative estimate of drug-likeness (QED) is 0.896. The van der Waals surface area contributed by atoms with Gasteiger partial charge in [0.1, 0.15) is 0 Å². The van der Waals surface area contributed by atoms with E-state index in [1.807, 2.05) is 31.2 Å². The summed E-state index contributed by atoms with van der Waals surface area (Å²) in [6.07, 6.45) is 2.11. The molecular formula is C13H16N4OS. The summed E-state index contributed by atoms with van der Waals surface area (Å²) < 4.78 is 1.75. The van der Waals surface area contributed by atoms with Gasteiger partial charge in [-0.2, -0.15) is 0 Å². The fourth-order valence-electron chi connectivity index (χ4n) is 2.06. The molecule has 1 aromatic carbocycles. The highest BCUT2D eigenvalue weighted by Gasteiger charge is 2.29. The third-order valence-electron chi connectivity index (χ3n) is 3.19. The smallest absolute Gasteiger partial charge is 0.324 e. The van der Waals surface area contributed by atoms with E-state index >= 15 is 0 Å². The Morgan fingerprint density at radius 3 is 2.89 bits per heavy atom. The summed E-state index contributed by atoms with van der Waals surface area (Å²) in [7, 11) is 0. The van der Waals surface area contributed by atoms with Gasteiger partial charge in [-0.15, -0.1) is 5.10 Å². The lowest BCUT2D eigenvalue weighted by molar-refractivity contribution is 0.642. The molecule has 0 saturated heterocycles. The number of aromatic nitrogens is 3. The molecule has 1 fully saturated rings. The first-order chi connectivity index (χ1) is 9.16. The number of nitrogens with zero attached hydrogens (tertiary/aromatic N) is 2. The maximum absolute atomic E-state index is 11.7. The Balaban J connectivity index is 1.96. The molecule has 1 unspecified atom stereocenters. The van der Waals surface area contributed by atoms with Crippen molar-refractivity contribution in [3.05, 3.63) is 40.3 Å². The molecule has 0 spiro atoms. The first kappa shape index (κ1) is 12.5. The zero-order valence-electron chi connectivity index (χ0n) is 10.7. The molecule has 6 heteroatoms. The van der Waals surface area contributed by atoms with Crippen molar-refractivity contribution < 1.29 is 0 Å². The van der Waals surface area contributed by atoms with Crippen molar-refractivity contribution in [3.63, 3.8) is 0 Å². The van der Waals surface area contributed by atoms with Crippen LogP contribution >= 0.6 is 11.8 Å². The highest BCUT2D eigenvalue weighted by Crippen LogP contribution is 2.38. The molecule has 1 aliphatic carbocycles. The first-order valence-electron chi connectivity index (χ1n) is 6.36. The average Bonchev–Trinajstić information content (AvgIpc) is 3.15. The van der Waals surface area contributed by atoms with Gasteiger partial charge < -0.3 is 5.73 Å². The normalized spacial score (nSPS) is 16.5. The minimum Gasteiger partial charge on any atom is -0.324 e. The van der Waals surface area contributed by atoms with E-state index in [9.17, 15) is 4.79 Å². The van der Waals surface area contributed by atoms with Crippen LogP contribution in [0.4, 0.5) is 0 Å². The van der Waals surface area contributed by atoms with Crippen molar-refractivity contribution >= 4 is 11.8 Å². The molecule has 0 bridgehead atoms. The zero-order chi connectivity index (χ0) is 13.4. The minimum atomic E-state index is -0.122. The van der Waals surface area contributed by atoms with E-state index in [2.05, 4.69) is 10.2 Å². The SMILES string of the molecule is CC(N)c1ccccc1Sc1n[nH]c(=O)n1C1CC1. The highest BCUT2D eigenvalue weighted by molar-refractivity contribution is 7.99. The lowest BCUT2D eigenvalue weighted by Crippen LogP contribution is -2.16. The standard InChI is InChI=1S/C13H16N4OS/c1-8(14)10-4-2-3-5-11(10)19-13-16-15-12(18)17(13)9-6-7-9/h2-5,8-9H,6-7,14H2,1H3,(H,15,18). The summed E-state index contributed by atoms with van der Waals surface area (Å²) in [4.78, 5) is 12.8. The number of rotatable bonds is 4. The van der Waals surface area contributed by atoms with Crippen LogP contribution in [0.1, 0.15) is 37.4 Å². The van der Waals surface area contributed by atoms with Crippen LogP contribution in [-0.2, 0) is 0 Å². The molecule has 100 valence electrons. The Kier molecular flexibility index (Phi) is 3.20. The molecule has 1 aromatic heterocycles. The van der Waals surface area contributed by atoms with Crippen LogP contribution in [0.15, 0.2) is 39.1 Å². The average molecular weight is 276 g/mol. The molecule has 0 amide bonds. The number of H-pyrrole nitrogens is 1. The molecule has 2 aromatic rings. The molecule has 3 rings (SSSR count). The van der Waals surface area contributed by atoms with E-state index in [1.54, 1.807) is 4.57 Å². The summed E-state index contributed by atoms with van der Waals surface area (Å²) in [6, 6.07) is 8.25. The van der Waals surface area contributed by atoms with Crippen molar-refractivity contribution in [1.29, 1.82) is 0 Å². The van der Waals surface area contributed by atoms with E-state index in [-0.39, 0.29) is 11.7 Å². The molecular weight excluding hydrogens is 260 g/mol. The number of nitrogens with two attached hydrogens (primary N) is 1. The first-order valence-corrected chi connectivity index (χ1v) is 7.17. The second-order valence-corrected chi connectivity index (χ2v) is 5.85. The number of benzene rings is 1. The van der Waals surface area contributed by atoms with Crippen molar-refractivity contribution in [3.8, 4) is 0 Å². The lowest BCUT2D eigenvalue weighted by atomic mass is 10.1. The molecule has 19 heavy (non-hydrogen) atoms. The summed E-state index contributed by atoms with van der Waals surface area (Å²) in [5.41, 5.74) is 6.93. The van der Waals surface area contributed by atoms with E-state index in [1.165, 1.54) is 11.8 Å². The largest absolute Gasteiger partial charge is 0.344 e. The number of hydrogen-bond donors (Lipinski definition) is 2. The summed E-state index contributed by atoms with van der Waals surface area (Å²) in [5.74, 6) is 0. The van der Waals surface area contributed by atoms with Gasteiger partial charge in [-0.05, 0) is 43.2 Å². The topological polar surface area (TPSA) is 76.7 Å². The van der Waals surface area contributed by atoms with Gasteiger partial charge >= 0.3 is 5.69 Å². The van der Waals surface area contributed by atoms with Crippen molar-refractivity contribution in [2.75, 3.05) is 0 Å². The Hall–Kier alpha value is -1.53. The second kappa shape index (κ2) is 4.86. The van der Waals surface area contributed by atoms with Crippen LogP contribution in [0.3, 0.4) is 0 Å². The minimum absolute atomic E-state index is 0.0382. The predicted octanol–water partition coefficient (Wildman–Crippen LogP) is 2.08. The van der Waals surface area contributed by atoms with Crippen molar-refractivity contribution in [1.82, 2.24) is 14.8 Å². The Labute approximate surface area is 115 Å². The molecule has 1 saturated carbocycles. The third kappa shape index (κ3) is 2.46. The predicted molar refractivity (Wildman–Crippen MR) is 74.3 cm³/mol. The fraction of sp³-hybridized carbons (Fsp3) is 0.385. The molecule has 1 heterocycles. The number of hydrogen-bond acceptors (Lipinski definition) is 4. The van der Waals surface area contributed by atoms with Crippen LogP contribution < -0.4 is 11.4 Å². The molecule has 0 radical (unpaired) electrons. The fourth-order valence-corrected chi connectivity index (χ4v) is 3.20. The van der Waals surface area contributed by atoms with E-state index in [0.29, 0.717) is 6.04 Å². The Morgan fingerprint density at radius 1 is 1.47 bits per heavy atom. The summed E-state index contributed by atoms with van der Waals surface area (Å²) in [6.45, 7) is 1.96. The number of aromatic amines is 1. The van der Waals surface area contributed by atoms with Crippen LogP contribution in [0.2, 0.25) is 0 Å². The summed E-state index contributed by atoms with van der Waals surface area (Å²) in [5, 5.41) is 7.38. The van der Waals surface area contributed by atoms with Gasteiger partial charge in [0.25, 0.3) is 0 Å². The van der Waals surface area contributed by atoms with Crippen LogP contribution in [-0.4, -0.2) is 14.8 Å². The van der Waals surface area contributed by atoms with Gasteiger partial charge in [-0.1, -0.05) is 18.2 Å². The molecule has 5 nitrogen and oxygen atoms in total. The van der Waals surface area contributed by atoms with Crippen molar-refractivity contribution in [2.45, 2.75) is 41.9 Å². The van der Waals surface area contributed by atoms with E-state index in [0.717, 1.165) is 28.5 Å². The van der Waals surface area contributed by atoms with Crippen molar-refractivity contribution in [2.24, 2.45) is 5.73 Å². The van der Waals surface area contributed by atoms with Gasteiger partial charge in [0, 0.05) is 17.0 Å². The zero-order valence-corrected chi connectivity index (χ0v) is 11.5. The lowest BCUT2D eigenvalue weighted by Gasteiger charge is -2.11. The van der Waals surface area contributed by atoms with Crippen LogP contribution in [0.5, 0.6) is 0 Å². The Morgan fingerprint density at radius 2 is 2.21 bits per heavy atom. The van der Waals surface area contributed by atoms with E-state index < -0.39 is 0 Å². The maximum atomic E-state index is 11.7. The van der Waals surface area contributed by atoms with Gasteiger partial charge in [0.15, 0.2) is 5.16 Å². The Bertz CT molecular complexity index is 642. The maximum Gasteiger partial charge on any atom is 0.344 e. The summed E-state index contributed by atoms with van der Waals surface area (Å²) >= 11 is 1.50. The van der Waals surface area contributed by atoms with Gasteiger partial charge in [-0.25, -0.2) is 9.89 Å². The second-order valence-electron chi connectivity index (χ2n) is 4.84. The van der Waals surface area contributed by atoms with Gasteiger partial charge in [0.2, 0.25) is 0 Å². The molecule has 0 aliphatic heterocycles. The van der Waals surface area contributed by atoms with Crippen LogP contribution in [0, 0.1) is 0 Å². The monoisotopic (exact) mass is 276 g/mol.